The van der Waals surface area contributed by atoms with Crippen molar-refractivity contribution in [1.29, 1.82) is 0 Å². The monoisotopic (exact) mass is 268 g/mol. The lowest BCUT2D eigenvalue weighted by Gasteiger charge is -2.11. The number of aryl methyl sites for hydroxylation is 1. The number of benzene rings is 1. The minimum absolute atomic E-state index is 0.168. The summed E-state index contributed by atoms with van der Waals surface area (Å²) in [5, 5.41) is 9.93. The lowest BCUT2D eigenvalue weighted by molar-refractivity contribution is -0.144. The van der Waals surface area contributed by atoms with E-state index >= 15 is 0 Å². The molecule has 0 aliphatic carbocycles. The van der Waals surface area contributed by atoms with Crippen LogP contribution in [0, 0.1) is 12.7 Å². The van der Waals surface area contributed by atoms with Crippen LogP contribution >= 0.6 is 0 Å². The first kappa shape index (κ1) is 15.6. The summed E-state index contributed by atoms with van der Waals surface area (Å²) in [6.45, 7) is 4.10. The Morgan fingerprint density at radius 2 is 2.21 bits per heavy atom. The van der Waals surface area contributed by atoms with Crippen molar-refractivity contribution in [3.05, 3.63) is 35.1 Å². The maximum absolute atomic E-state index is 13.1. The molecule has 0 aromatic heterocycles. The minimum atomic E-state index is -0.766. The van der Waals surface area contributed by atoms with Crippen LogP contribution in [0.4, 0.5) is 4.39 Å². The first-order chi connectivity index (χ1) is 9.04. The Bertz CT molecular complexity index is 418. The quantitative estimate of drug-likeness (QED) is 0.609. The Morgan fingerprint density at radius 3 is 2.84 bits per heavy atom. The van der Waals surface area contributed by atoms with Crippen LogP contribution in [0.25, 0.3) is 0 Å². The van der Waals surface area contributed by atoms with Crippen LogP contribution in [0.5, 0.6) is 0 Å². The molecule has 0 saturated heterocycles. The highest BCUT2D eigenvalue weighted by molar-refractivity contribution is 5.69. The van der Waals surface area contributed by atoms with Crippen molar-refractivity contribution in [2.24, 2.45) is 0 Å². The van der Waals surface area contributed by atoms with Crippen LogP contribution in [0.3, 0.4) is 0 Å². The summed E-state index contributed by atoms with van der Waals surface area (Å²) in [5.74, 6) is -0.596. The standard InChI is InChI=1S/C15H21FO3/c1-3-4-9-19-15(18)8-7-14(17)12-5-6-13(16)11(2)10-12/h5-6,10,14,17H,3-4,7-9H2,1-2H3. The number of carbonyl (C=O) groups excluding carboxylic acids is 1. The van der Waals surface area contributed by atoms with E-state index in [2.05, 4.69) is 0 Å². The highest BCUT2D eigenvalue weighted by Crippen LogP contribution is 2.20. The smallest absolute Gasteiger partial charge is 0.305 e. The van der Waals surface area contributed by atoms with Crippen molar-refractivity contribution >= 4 is 5.97 Å². The summed E-state index contributed by atoms with van der Waals surface area (Å²) in [7, 11) is 0. The van der Waals surface area contributed by atoms with E-state index in [1.165, 1.54) is 12.1 Å². The van der Waals surface area contributed by atoms with Gasteiger partial charge >= 0.3 is 5.97 Å². The van der Waals surface area contributed by atoms with Crippen molar-refractivity contribution in [3.8, 4) is 0 Å². The molecule has 3 nitrogen and oxygen atoms in total. The number of aliphatic hydroxyl groups excluding tert-OH is 1. The Labute approximate surface area is 113 Å². The molecule has 0 aliphatic rings. The second kappa shape index (κ2) is 7.89. The lowest BCUT2D eigenvalue weighted by atomic mass is 10.0. The highest BCUT2D eigenvalue weighted by Gasteiger charge is 2.12. The SMILES string of the molecule is CCCCOC(=O)CCC(O)c1ccc(F)c(C)c1. The fraction of sp³-hybridized carbons (Fsp3) is 0.533. The predicted octanol–water partition coefficient (Wildman–Crippen LogP) is 3.29. The average Bonchev–Trinajstić information content (AvgIpc) is 2.39. The van der Waals surface area contributed by atoms with Crippen LogP contribution in [0.15, 0.2) is 18.2 Å². The molecule has 0 radical (unpaired) electrons. The Balaban J connectivity index is 2.40. The van der Waals surface area contributed by atoms with Gasteiger partial charge in [0, 0.05) is 6.42 Å². The van der Waals surface area contributed by atoms with Crippen molar-refractivity contribution < 1.29 is 19.0 Å². The molecule has 106 valence electrons. The van der Waals surface area contributed by atoms with Crippen LogP contribution in [-0.2, 0) is 9.53 Å². The van der Waals surface area contributed by atoms with Crippen LogP contribution < -0.4 is 0 Å². The van der Waals surface area contributed by atoms with E-state index in [0.29, 0.717) is 17.7 Å². The Kier molecular flexibility index (Phi) is 6.50. The third kappa shape index (κ3) is 5.39. The van der Waals surface area contributed by atoms with Gasteiger partial charge in [-0.1, -0.05) is 25.5 Å². The summed E-state index contributed by atoms with van der Waals surface area (Å²) < 4.78 is 18.1. The van der Waals surface area contributed by atoms with Crippen LogP contribution in [-0.4, -0.2) is 17.7 Å². The summed E-state index contributed by atoms with van der Waals surface area (Å²) in [5.41, 5.74) is 1.11. The number of aliphatic hydroxyl groups is 1. The fourth-order valence-corrected chi connectivity index (χ4v) is 1.70. The molecule has 19 heavy (non-hydrogen) atoms. The third-order valence-corrected chi connectivity index (χ3v) is 2.95. The van der Waals surface area contributed by atoms with Crippen molar-refractivity contribution in [1.82, 2.24) is 0 Å². The molecule has 1 aromatic rings. The van der Waals surface area contributed by atoms with Gasteiger partial charge in [0.1, 0.15) is 5.82 Å². The van der Waals surface area contributed by atoms with Gasteiger partial charge in [0.25, 0.3) is 0 Å². The second-order valence-corrected chi connectivity index (χ2v) is 4.64. The number of rotatable bonds is 7. The Morgan fingerprint density at radius 1 is 1.47 bits per heavy atom. The number of carbonyl (C=O) groups is 1. The van der Waals surface area contributed by atoms with Gasteiger partial charge in [0.15, 0.2) is 0 Å². The zero-order valence-electron chi connectivity index (χ0n) is 11.5. The van der Waals surface area contributed by atoms with Crippen molar-refractivity contribution in [2.45, 2.75) is 45.6 Å². The maximum atomic E-state index is 13.1. The van der Waals surface area contributed by atoms with E-state index in [4.69, 9.17) is 4.74 Å². The zero-order chi connectivity index (χ0) is 14.3. The molecule has 0 fully saturated rings. The Hall–Kier alpha value is -1.42. The van der Waals surface area contributed by atoms with E-state index in [9.17, 15) is 14.3 Å². The molecule has 0 aliphatic heterocycles. The van der Waals surface area contributed by atoms with Gasteiger partial charge in [-0.25, -0.2) is 4.39 Å². The summed E-state index contributed by atoms with van der Waals surface area (Å²) in [4.78, 5) is 11.4. The van der Waals surface area contributed by atoms with E-state index in [1.807, 2.05) is 6.92 Å². The largest absolute Gasteiger partial charge is 0.466 e. The molecular weight excluding hydrogens is 247 g/mol. The lowest BCUT2D eigenvalue weighted by Crippen LogP contribution is -2.08. The second-order valence-electron chi connectivity index (χ2n) is 4.64. The number of hydrogen-bond donors (Lipinski definition) is 1. The maximum Gasteiger partial charge on any atom is 0.305 e. The van der Waals surface area contributed by atoms with E-state index in [1.54, 1.807) is 13.0 Å². The molecule has 4 heteroatoms. The minimum Gasteiger partial charge on any atom is -0.466 e. The third-order valence-electron chi connectivity index (χ3n) is 2.95. The first-order valence-corrected chi connectivity index (χ1v) is 6.64. The molecule has 1 unspecified atom stereocenters. The van der Waals surface area contributed by atoms with Gasteiger partial charge in [-0.15, -0.1) is 0 Å². The number of esters is 1. The fourth-order valence-electron chi connectivity index (χ4n) is 1.70. The number of hydrogen-bond acceptors (Lipinski definition) is 3. The van der Waals surface area contributed by atoms with Gasteiger partial charge in [0.2, 0.25) is 0 Å². The summed E-state index contributed by atoms with van der Waals surface area (Å²) in [6, 6.07) is 4.46. The van der Waals surface area contributed by atoms with E-state index in [-0.39, 0.29) is 24.6 Å². The van der Waals surface area contributed by atoms with Gasteiger partial charge in [0.05, 0.1) is 12.7 Å². The molecule has 0 saturated carbocycles. The molecule has 1 rings (SSSR count). The van der Waals surface area contributed by atoms with Gasteiger partial charge < -0.3 is 9.84 Å². The molecular formula is C15H21FO3. The van der Waals surface area contributed by atoms with Crippen molar-refractivity contribution in [3.63, 3.8) is 0 Å². The summed E-state index contributed by atoms with van der Waals surface area (Å²) >= 11 is 0. The summed E-state index contributed by atoms with van der Waals surface area (Å²) in [6.07, 6.45) is 1.52. The van der Waals surface area contributed by atoms with Crippen LogP contribution in [0.2, 0.25) is 0 Å². The first-order valence-electron chi connectivity index (χ1n) is 6.64. The van der Waals surface area contributed by atoms with Gasteiger partial charge in [-0.3, -0.25) is 4.79 Å². The zero-order valence-corrected chi connectivity index (χ0v) is 11.5. The molecule has 1 atom stereocenters. The molecule has 0 amide bonds. The number of halogens is 1. The molecule has 1 aromatic carbocycles. The average molecular weight is 268 g/mol. The molecule has 0 heterocycles. The number of unbranched alkanes of at least 4 members (excludes halogenated alkanes) is 1. The normalized spacial score (nSPS) is 12.2. The number of ether oxygens (including phenoxy) is 1. The van der Waals surface area contributed by atoms with Gasteiger partial charge in [-0.2, -0.15) is 0 Å². The van der Waals surface area contributed by atoms with Crippen molar-refractivity contribution in [2.75, 3.05) is 6.61 Å². The topological polar surface area (TPSA) is 46.5 Å². The molecule has 1 N–H and O–H groups in total. The van der Waals surface area contributed by atoms with Crippen LogP contribution in [0.1, 0.15) is 49.8 Å². The van der Waals surface area contributed by atoms with E-state index in [0.717, 1.165) is 12.8 Å². The molecule has 0 bridgehead atoms. The van der Waals surface area contributed by atoms with E-state index < -0.39 is 6.10 Å². The highest BCUT2D eigenvalue weighted by atomic mass is 19.1. The predicted molar refractivity (Wildman–Crippen MR) is 71.2 cm³/mol. The molecule has 0 spiro atoms. The van der Waals surface area contributed by atoms with Gasteiger partial charge in [-0.05, 0) is 37.0 Å².